The maximum absolute atomic E-state index is 12.0. The molecule has 1 atom stereocenters. The number of nitrogens with one attached hydrogen (secondary N) is 2. The number of para-hydroxylation sites is 1. The van der Waals surface area contributed by atoms with Gasteiger partial charge in [0.25, 0.3) is 0 Å². The Bertz CT molecular complexity index is 765. The Morgan fingerprint density at radius 1 is 1.14 bits per heavy atom. The first kappa shape index (κ1) is 14.4. The van der Waals surface area contributed by atoms with E-state index in [-0.39, 0.29) is 5.97 Å². The highest BCUT2D eigenvalue weighted by atomic mass is 16.5. The lowest BCUT2D eigenvalue weighted by Gasteiger charge is -2.16. The van der Waals surface area contributed by atoms with Crippen molar-refractivity contribution in [2.24, 2.45) is 0 Å². The molecule has 3 aromatic rings. The van der Waals surface area contributed by atoms with Gasteiger partial charge in [-0.05, 0) is 17.2 Å². The van der Waals surface area contributed by atoms with Crippen LogP contribution in [0.15, 0.2) is 60.8 Å². The number of aromatic nitrogens is 1. The van der Waals surface area contributed by atoms with Crippen molar-refractivity contribution in [2.45, 2.75) is 12.6 Å². The molecule has 1 aromatic heterocycles. The minimum absolute atomic E-state index is 0.286. The summed E-state index contributed by atoms with van der Waals surface area (Å²) in [5, 5.41) is 4.45. The number of hydrogen-bond acceptors (Lipinski definition) is 3. The summed E-state index contributed by atoms with van der Waals surface area (Å²) in [4.78, 5) is 15.3. The molecule has 0 unspecified atom stereocenters. The van der Waals surface area contributed by atoms with E-state index in [0.717, 1.165) is 22.0 Å². The summed E-state index contributed by atoms with van der Waals surface area (Å²) in [5.74, 6) is -0.286. The molecule has 0 amide bonds. The SMILES string of the molecule is COC(=O)[C@@H](NCc1c[nH]c2ccccc12)c1ccccc1. The van der Waals surface area contributed by atoms with Crippen molar-refractivity contribution in [3.63, 3.8) is 0 Å². The summed E-state index contributed by atoms with van der Waals surface area (Å²) in [6, 6.07) is 17.2. The number of carbonyl (C=O) groups excluding carboxylic acids is 1. The fourth-order valence-corrected chi connectivity index (χ4v) is 2.59. The molecule has 0 saturated carbocycles. The Hall–Kier alpha value is -2.59. The highest BCUT2D eigenvalue weighted by Crippen LogP contribution is 2.20. The smallest absolute Gasteiger partial charge is 0.327 e. The Labute approximate surface area is 129 Å². The van der Waals surface area contributed by atoms with Gasteiger partial charge in [-0.15, -0.1) is 0 Å². The van der Waals surface area contributed by atoms with E-state index < -0.39 is 6.04 Å². The predicted octanol–water partition coefficient (Wildman–Crippen LogP) is 3.17. The summed E-state index contributed by atoms with van der Waals surface area (Å²) < 4.78 is 4.91. The molecular formula is C18H18N2O2. The number of esters is 1. The molecule has 0 fully saturated rings. The van der Waals surface area contributed by atoms with Gasteiger partial charge in [0.15, 0.2) is 0 Å². The molecule has 0 saturated heterocycles. The second-order valence-corrected chi connectivity index (χ2v) is 5.11. The minimum Gasteiger partial charge on any atom is -0.468 e. The lowest BCUT2D eigenvalue weighted by Crippen LogP contribution is -2.29. The Morgan fingerprint density at radius 2 is 1.86 bits per heavy atom. The zero-order chi connectivity index (χ0) is 15.4. The van der Waals surface area contributed by atoms with Crippen molar-refractivity contribution in [2.75, 3.05) is 7.11 Å². The molecule has 0 aliphatic carbocycles. The molecule has 112 valence electrons. The number of methoxy groups -OCH3 is 1. The fourth-order valence-electron chi connectivity index (χ4n) is 2.59. The molecule has 0 aliphatic heterocycles. The van der Waals surface area contributed by atoms with Gasteiger partial charge in [-0.2, -0.15) is 0 Å². The van der Waals surface area contributed by atoms with Crippen molar-refractivity contribution < 1.29 is 9.53 Å². The van der Waals surface area contributed by atoms with Crippen molar-refractivity contribution in [1.29, 1.82) is 0 Å². The van der Waals surface area contributed by atoms with Crippen LogP contribution in [-0.2, 0) is 16.1 Å². The van der Waals surface area contributed by atoms with Crippen molar-refractivity contribution in [3.8, 4) is 0 Å². The molecule has 0 spiro atoms. The van der Waals surface area contributed by atoms with Crippen LogP contribution >= 0.6 is 0 Å². The maximum atomic E-state index is 12.0. The second kappa shape index (κ2) is 6.45. The van der Waals surface area contributed by atoms with Gasteiger partial charge < -0.3 is 9.72 Å². The number of carbonyl (C=O) groups is 1. The number of benzene rings is 2. The minimum atomic E-state index is -0.472. The summed E-state index contributed by atoms with van der Waals surface area (Å²) in [7, 11) is 1.41. The van der Waals surface area contributed by atoms with Crippen molar-refractivity contribution in [1.82, 2.24) is 10.3 Å². The van der Waals surface area contributed by atoms with Gasteiger partial charge in [0, 0.05) is 23.6 Å². The molecule has 3 rings (SSSR count). The third-order valence-corrected chi connectivity index (χ3v) is 3.74. The van der Waals surface area contributed by atoms with Crippen molar-refractivity contribution >= 4 is 16.9 Å². The molecule has 0 bridgehead atoms. The van der Waals surface area contributed by atoms with Gasteiger partial charge in [0.2, 0.25) is 0 Å². The van der Waals surface area contributed by atoms with Crippen LogP contribution in [-0.4, -0.2) is 18.1 Å². The number of rotatable bonds is 5. The second-order valence-electron chi connectivity index (χ2n) is 5.11. The molecule has 1 heterocycles. The summed E-state index contributed by atoms with van der Waals surface area (Å²) >= 11 is 0. The van der Waals surface area contributed by atoms with Crippen LogP contribution < -0.4 is 5.32 Å². The highest BCUT2D eigenvalue weighted by molar-refractivity contribution is 5.83. The lowest BCUT2D eigenvalue weighted by atomic mass is 10.1. The Kier molecular flexibility index (Phi) is 4.21. The van der Waals surface area contributed by atoms with E-state index in [1.165, 1.54) is 7.11 Å². The van der Waals surface area contributed by atoms with Gasteiger partial charge in [-0.25, -0.2) is 4.79 Å². The van der Waals surface area contributed by atoms with E-state index in [1.54, 1.807) is 0 Å². The predicted molar refractivity (Wildman–Crippen MR) is 86.3 cm³/mol. The van der Waals surface area contributed by atoms with Crippen LogP contribution in [0.5, 0.6) is 0 Å². The van der Waals surface area contributed by atoms with Crippen LogP contribution in [0.4, 0.5) is 0 Å². The maximum Gasteiger partial charge on any atom is 0.327 e. The van der Waals surface area contributed by atoms with E-state index in [2.05, 4.69) is 16.4 Å². The zero-order valence-electron chi connectivity index (χ0n) is 12.4. The summed E-state index contributed by atoms with van der Waals surface area (Å²) in [6.07, 6.45) is 1.97. The van der Waals surface area contributed by atoms with Crippen LogP contribution in [0.1, 0.15) is 17.2 Å². The molecule has 2 N–H and O–H groups in total. The van der Waals surface area contributed by atoms with E-state index >= 15 is 0 Å². The Morgan fingerprint density at radius 3 is 2.64 bits per heavy atom. The average molecular weight is 294 g/mol. The van der Waals surface area contributed by atoms with Crippen LogP contribution in [0.2, 0.25) is 0 Å². The number of ether oxygens (including phenoxy) is 1. The third kappa shape index (κ3) is 2.87. The number of H-pyrrole nitrogens is 1. The summed E-state index contributed by atoms with van der Waals surface area (Å²) in [5.41, 5.74) is 3.11. The quantitative estimate of drug-likeness (QED) is 0.711. The van der Waals surface area contributed by atoms with Gasteiger partial charge in [-0.3, -0.25) is 5.32 Å². The van der Waals surface area contributed by atoms with Gasteiger partial charge >= 0.3 is 5.97 Å². The lowest BCUT2D eigenvalue weighted by molar-refractivity contribution is -0.143. The van der Waals surface area contributed by atoms with Gasteiger partial charge in [0.1, 0.15) is 6.04 Å². The largest absolute Gasteiger partial charge is 0.468 e. The summed E-state index contributed by atoms with van der Waals surface area (Å²) in [6.45, 7) is 0.582. The third-order valence-electron chi connectivity index (χ3n) is 3.74. The van der Waals surface area contributed by atoms with E-state index in [0.29, 0.717) is 6.54 Å². The van der Waals surface area contributed by atoms with E-state index in [9.17, 15) is 4.79 Å². The molecule has 4 heteroatoms. The standard InChI is InChI=1S/C18H18N2O2/c1-22-18(21)17(13-7-3-2-4-8-13)20-12-14-11-19-16-10-6-5-9-15(14)16/h2-11,17,19-20H,12H2,1H3/t17-/m0/s1. The van der Waals surface area contributed by atoms with Gasteiger partial charge in [0.05, 0.1) is 7.11 Å². The molecule has 2 aromatic carbocycles. The molecule has 0 aliphatic rings. The number of hydrogen-bond donors (Lipinski definition) is 2. The van der Waals surface area contributed by atoms with Gasteiger partial charge in [-0.1, -0.05) is 48.5 Å². The molecule has 4 nitrogen and oxygen atoms in total. The molecule has 0 radical (unpaired) electrons. The van der Waals surface area contributed by atoms with Crippen LogP contribution in [0.25, 0.3) is 10.9 Å². The van der Waals surface area contributed by atoms with Crippen molar-refractivity contribution in [3.05, 3.63) is 71.9 Å². The number of aromatic amines is 1. The Balaban J connectivity index is 1.81. The zero-order valence-corrected chi connectivity index (χ0v) is 12.4. The topological polar surface area (TPSA) is 54.1 Å². The molecule has 22 heavy (non-hydrogen) atoms. The first-order valence-corrected chi connectivity index (χ1v) is 7.21. The first-order chi connectivity index (χ1) is 10.8. The fraction of sp³-hybridized carbons (Fsp3) is 0.167. The average Bonchev–Trinajstić information content (AvgIpc) is 2.99. The number of fused-ring (bicyclic) bond motifs is 1. The first-order valence-electron chi connectivity index (χ1n) is 7.21. The van der Waals surface area contributed by atoms with Crippen LogP contribution in [0, 0.1) is 0 Å². The van der Waals surface area contributed by atoms with Crippen LogP contribution in [0.3, 0.4) is 0 Å². The van der Waals surface area contributed by atoms with E-state index in [1.807, 2.05) is 54.7 Å². The normalized spacial score (nSPS) is 12.2. The highest BCUT2D eigenvalue weighted by Gasteiger charge is 2.20. The molecular weight excluding hydrogens is 276 g/mol. The van der Waals surface area contributed by atoms with E-state index in [4.69, 9.17) is 4.74 Å². The monoisotopic (exact) mass is 294 g/mol.